The van der Waals surface area contributed by atoms with Crippen LogP contribution in [0.5, 0.6) is 0 Å². The van der Waals surface area contributed by atoms with Gasteiger partial charge in [-0.3, -0.25) is 4.90 Å². The Hall–Kier alpha value is -1.20. The summed E-state index contributed by atoms with van der Waals surface area (Å²) < 4.78 is 0. The molecule has 5 heteroatoms. The minimum absolute atomic E-state index is 0.272. The van der Waals surface area contributed by atoms with Gasteiger partial charge in [0.2, 0.25) is 5.95 Å². The van der Waals surface area contributed by atoms with Crippen LogP contribution in [0.15, 0.2) is 6.07 Å². The van der Waals surface area contributed by atoms with E-state index in [1.807, 2.05) is 13.8 Å². The normalized spacial score (nSPS) is 22.1. The zero-order valence-corrected chi connectivity index (χ0v) is 13.0. The van der Waals surface area contributed by atoms with Gasteiger partial charge in [-0.25, -0.2) is 9.97 Å². The highest BCUT2D eigenvalue weighted by atomic mass is 16.3. The van der Waals surface area contributed by atoms with E-state index < -0.39 is 0 Å². The fourth-order valence-corrected chi connectivity index (χ4v) is 2.73. The predicted molar refractivity (Wildman–Crippen MR) is 81.1 cm³/mol. The summed E-state index contributed by atoms with van der Waals surface area (Å²) in [5, 5.41) is 9.53. The zero-order valence-electron chi connectivity index (χ0n) is 13.0. The molecular formula is C15H26N4O. The lowest BCUT2D eigenvalue weighted by Crippen LogP contribution is -2.54. The third-order valence-corrected chi connectivity index (χ3v) is 3.80. The van der Waals surface area contributed by atoms with Gasteiger partial charge in [0.25, 0.3) is 0 Å². The minimum atomic E-state index is -0.272. The molecule has 1 saturated heterocycles. The van der Waals surface area contributed by atoms with Crippen molar-refractivity contribution in [1.29, 1.82) is 0 Å². The van der Waals surface area contributed by atoms with Gasteiger partial charge in [0.15, 0.2) is 0 Å². The predicted octanol–water partition coefficient (Wildman–Crippen LogP) is 1.24. The Balaban J connectivity index is 2.07. The smallest absolute Gasteiger partial charge is 0.225 e. The second kappa shape index (κ2) is 6.50. The van der Waals surface area contributed by atoms with E-state index in [1.165, 1.54) is 0 Å². The van der Waals surface area contributed by atoms with Crippen molar-refractivity contribution in [2.75, 3.05) is 31.1 Å². The molecule has 1 N–H and O–H groups in total. The molecule has 0 aromatic carbocycles. The van der Waals surface area contributed by atoms with Crippen molar-refractivity contribution in [2.24, 2.45) is 0 Å². The van der Waals surface area contributed by atoms with Crippen molar-refractivity contribution < 1.29 is 5.11 Å². The molecule has 0 aliphatic carbocycles. The summed E-state index contributed by atoms with van der Waals surface area (Å²) >= 11 is 0. The molecule has 5 nitrogen and oxygen atoms in total. The maximum Gasteiger partial charge on any atom is 0.225 e. The number of anilines is 1. The van der Waals surface area contributed by atoms with E-state index >= 15 is 0 Å². The van der Waals surface area contributed by atoms with Crippen molar-refractivity contribution in [3.05, 3.63) is 17.5 Å². The van der Waals surface area contributed by atoms with Gasteiger partial charge < -0.3 is 10.0 Å². The summed E-state index contributed by atoms with van der Waals surface area (Å²) in [6.45, 7) is 11.7. The van der Waals surface area contributed by atoms with Gasteiger partial charge in [-0.05, 0) is 33.3 Å². The van der Waals surface area contributed by atoms with E-state index in [0.717, 1.165) is 49.9 Å². The molecule has 0 bridgehead atoms. The number of aliphatic hydroxyl groups is 1. The lowest BCUT2D eigenvalue weighted by Gasteiger charge is -2.40. The van der Waals surface area contributed by atoms with Crippen LogP contribution in [-0.2, 0) is 6.42 Å². The van der Waals surface area contributed by atoms with E-state index in [-0.39, 0.29) is 6.10 Å². The fourth-order valence-electron chi connectivity index (χ4n) is 2.73. The molecule has 1 aliphatic rings. The lowest BCUT2D eigenvalue weighted by atomic mass is 10.2. The minimum Gasteiger partial charge on any atom is -0.392 e. The molecule has 0 spiro atoms. The number of hydrogen-bond acceptors (Lipinski definition) is 5. The third-order valence-electron chi connectivity index (χ3n) is 3.80. The molecule has 1 aliphatic heterocycles. The molecule has 1 aromatic rings. The number of piperazine rings is 1. The molecule has 2 rings (SSSR count). The van der Waals surface area contributed by atoms with Crippen molar-refractivity contribution in [3.63, 3.8) is 0 Å². The Labute approximate surface area is 121 Å². The van der Waals surface area contributed by atoms with E-state index in [1.54, 1.807) is 0 Å². The molecular weight excluding hydrogens is 252 g/mol. The highest BCUT2D eigenvalue weighted by Crippen LogP contribution is 2.17. The van der Waals surface area contributed by atoms with Gasteiger partial charge >= 0.3 is 0 Å². The average Bonchev–Trinajstić information content (AvgIpc) is 2.39. The molecule has 1 aromatic heterocycles. The fraction of sp³-hybridized carbons (Fsp3) is 0.733. The standard InChI is InChI=1S/C15H26N4O/c1-5-14-8-11(2)16-15(17-14)19-7-6-18(10-13(4)20)12(3)9-19/h8,12-13,20H,5-7,9-10H2,1-4H3/t12-,13+/m0/s1. The lowest BCUT2D eigenvalue weighted by molar-refractivity contribution is 0.0957. The average molecular weight is 278 g/mol. The van der Waals surface area contributed by atoms with E-state index in [0.29, 0.717) is 6.04 Å². The number of rotatable bonds is 4. The van der Waals surface area contributed by atoms with Crippen LogP contribution in [-0.4, -0.2) is 58.3 Å². The quantitative estimate of drug-likeness (QED) is 0.898. The second-order valence-corrected chi connectivity index (χ2v) is 5.79. The monoisotopic (exact) mass is 278 g/mol. The highest BCUT2D eigenvalue weighted by molar-refractivity contribution is 5.33. The van der Waals surface area contributed by atoms with Crippen LogP contribution in [0.2, 0.25) is 0 Å². The number of aromatic nitrogens is 2. The van der Waals surface area contributed by atoms with Crippen LogP contribution < -0.4 is 4.90 Å². The zero-order chi connectivity index (χ0) is 14.7. The van der Waals surface area contributed by atoms with Crippen molar-refractivity contribution in [1.82, 2.24) is 14.9 Å². The number of aryl methyl sites for hydroxylation is 2. The van der Waals surface area contributed by atoms with Gasteiger partial charge in [0, 0.05) is 43.6 Å². The first-order chi connectivity index (χ1) is 9.49. The first kappa shape index (κ1) is 15.2. The largest absolute Gasteiger partial charge is 0.392 e. The van der Waals surface area contributed by atoms with E-state index in [2.05, 4.69) is 39.7 Å². The van der Waals surface area contributed by atoms with Crippen LogP contribution in [0.4, 0.5) is 5.95 Å². The van der Waals surface area contributed by atoms with Crippen LogP contribution >= 0.6 is 0 Å². The summed E-state index contributed by atoms with van der Waals surface area (Å²) in [6, 6.07) is 2.46. The maximum atomic E-state index is 9.53. The summed E-state index contributed by atoms with van der Waals surface area (Å²) in [6.07, 6.45) is 0.666. The summed E-state index contributed by atoms with van der Waals surface area (Å²) in [5.74, 6) is 0.852. The number of hydrogen-bond donors (Lipinski definition) is 1. The molecule has 2 atom stereocenters. The number of aliphatic hydroxyl groups excluding tert-OH is 1. The van der Waals surface area contributed by atoms with Crippen LogP contribution in [0.25, 0.3) is 0 Å². The Morgan fingerprint density at radius 1 is 1.40 bits per heavy atom. The summed E-state index contributed by atoms with van der Waals surface area (Å²) in [7, 11) is 0. The van der Waals surface area contributed by atoms with Gasteiger partial charge in [0.1, 0.15) is 0 Å². The second-order valence-electron chi connectivity index (χ2n) is 5.79. The third kappa shape index (κ3) is 3.67. The molecule has 0 radical (unpaired) electrons. The summed E-state index contributed by atoms with van der Waals surface area (Å²) in [5.41, 5.74) is 2.14. The molecule has 20 heavy (non-hydrogen) atoms. The first-order valence-electron chi connectivity index (χ1n) is 7.51. The molecule has 1 fully saturated rings. The molecule has 0 saturated carbocycles. The first-order valence-corrected chi connectivity index (χ1v) is 7.51. The SMILES string of the molecule is CCc1cc(C)nc(N2CCN(C[C@@H](C)O)[C@@H](C)C2)n1. The van der Waals surface area contributed by atoms with Crippen molar-refractivity contribution in [2.45, 2.75) is 46.3 Å². The number of nitrogens with zero attached hydrogens (tertiary/aromatic N) is 4. The Kier molecular flexibility index (Phi) is 4.94. The molecule has 2 heterocycles. The van der Waals surface area contributed by atoms with Gasteiger partial charge in [-0.15, -0.1) is 0 Å². The maximum absolute atomic E-state index is 9.53. The number of β-amino-alcohol motifs (C(OH)–C–C–N with tert-alkyl or cyclic N) is 1. The topological polar surface area (TPSA) is 52.5 Å². The van der Waals surface area contributed by atoms with E-state index in [4.69, 9.17) is 0 Å². The van der Waals surface area contributed by atoms with Crippen LogP contribution in [0.3, 0.4) is 0 Å². The van der Waals surface area contributed by atoms with Crippen molar-refractivity contribution >= 4 is 5.95 Å². The van der Waals surface area contributed by atoms with Gasteiger partial charge in [-0.2, -0.15) is 0 Å². The highest BCUT2D eigenvalue weighted by Gasteiger charge is 2.26. The van der Waals surface area contributed by atoms with E-state index in [9.17, 15) is 5.11 Å². The van der Waals surface area contributed by atoms with Crippen LogP contribution in [0, 0.1) is 6.92 Å². The molecule has 0 amide bonds. The Bertz CT molecular complexity index is 449. The van der Waals surface area contributed by atoms with Gasteiger partial charge in [0.05, 0.1) is 6.10 Å². The van der Waals surface area contributed by atoms with Gasteiger partial charge in [-0.1, -0.05) is 6.92 Å². The Morgan fingerprint density at radius 2 is 2.15 bits per heavy atom. The summed E-state index contributed by atoms with van der Waals surface area (Å²) in [4.78, 5) is 13.8. The van der Waals surface area contributed by atoms with Crippen LogP contribution in [0.1, 0.15) is 32.2 Å². The Morgan fingerprint density at radius 3 is 2.75 bits per heavy atom. The van der Waals surface area contributed by atoms with Crippen molar-refractivity contribution in [3.8, 4) is 0 Å². The molecule has 112 valence electrons. The molecule has 0 unspecified atom stereocenters.